The molecule has 1 fully saturated rings. The lowest BCUT2D eigenvalue weighted by molar-refractivity contribution is -0.126. The van der Waals surface area contributed by atoms with E-state index in [0.717, 1.165) is 5.69 Å². The number of aromatic nitrogens is 5. The van der Waals surface area contributed by atoms with Crippen LogP contribution in [0, 0.1) is 12.8 Å². The maximum atomic E-state index is 12.3. The third-order valence-electron chi connectivity index (χ3n) is 3.91. The van der Waals surface area contributed by atoms with Crippen molar-refractivity contribution < 1.29 is 14.3 Å². The molecule has 3 rings (SSSR count). The van der Waals surface area contributed by atoms with Crippen molar-refractivity contribution in [1.29, 1.82) is 0 Å². The van der Waals surface area contributed by atoms with E-state index in [-0.39, 0.29) is 24.2 Å². The molecule has 2 aromatic rings. The molecule has 0 saturated carbocycles. The monoisotopic (exact) mass is 379 g/mol. The number of nitrogens with one attached hydrogen (secondary N) is 1. The van der Waals surface area contributed by atoms with Crippen LogP contribution in [-0.2, 0) is 27.5 Å². The molecule has 1 aliphatic heterocycles. The van der Waals surface area contributed by atoms with Gasteiger partial charge >= 0.3 is 0 Å². The topological polar surface area (TPSA) is 115 Å². The highest BCUT2D eigenvalue weighted by Crippen LogP contribution is 2.28. The molecule has 2 aromatic heterocycles. The number of rotatable bonds is 8. The zero-order valence-electron chi connectivity index (χ0n) is 14.7. The summed E-state index contributed by atoms with van der Waals surface area (Å²) in [5.41, 5.74) is 0.828. The number of ether oxygens (including phenoxy) is 1. The molecule has 2 amide bonds. The highest BCUT2D eigenvalue weighted by molar-refractivity contribution is 7.15. The quantitative estimate of drug-likeness (QED) is 0.694. The average molecular weight is 379 g/mol. The van der Waals surface area contributed by atoms with Crippen molar-refractivity contribution in [3.63, 3.8) is 0 Å². The zero-order chi connectivity index (χ0) is 18.5. The third-order valence-corrected chi connectivity index (χ3v) is 4.83. The summed E-state index contributed by atoms with van der Waals surface area (Å²) in [6.45, 7) is 6.01. The highest BCUT2D eigenvalue weighted by Gasteiger charge is 2.36. The van der Waals surface area contributed by atoms with E-state index in [4.69, 9.17) is 4.74 Å². The van der Waals surface area contributed by atoms with Crippen LogP contribution < -0.4 is 10.2 Å². The maximum Gasteiger partial charge on any atom is 0.229 e. The molecular weight excluding hydrogens is 358 g/mol. The van der Waals surface area contributed by atoms with Crippen LogP contribution in [0.5, 0.6) is 0 Å². The van der Waals surface area contributed by atoms with Crippen molar-refractivity contribution in [3.05, 3.63) is 16.9 Å². The number of carbonyl (C=O) groups is 2. The lowest BCUT2D eigenvalue weighted by Crippen LogP contribution is -2.34. The number of nitrogens with zero attached hydrogens (tertiary/aromatic N) is 6. The van der Waals surface area contributed by atoms with Gasteiger partial charge < -0.3 is 10.1 Å². The van der Waals surface area contributed by atoms with Gasteiger partial charge in [-0.25, -0.2) is 0 Å². The van der Waals surface area contributed by atoms with Crippen LogP contribution in [0.3, 0.4) is 0 Å². The van der Waals surface area contributed by atoms with E-state index < -0.39 is 0 Å². The first-order valence-corrected chi connectivity index (χ1v) is 9.23. The first-order chi connectivity index (χ1) is 12.6. The number of amides is 2. The van der Waals surface area contributed by atoms with Crippen LogP contribution in [-0.4, -0.2) is 56.7 Å². The molecule has 26 heavy (non-hydrogen) atoms. The van der Waals surface area contributed by atoms with Gasteiger partial charge in [-0.15, -0.1) is 15.3 Å². The van der Waals surface area contributed by atoms with Crippen LogP contribution in [0.4, 0.5) is 5.13 Å². The van der Waals surface area contributed by atoms with Gasteiger partial charge in [-0.1, -0.05) is 16.6 Å². The molecule has 0 spiro atoms. The predicted molar refractivity (Wildman–Crippen MR) is 93.5 cm³/mol. The fourth-order valence-corrected chi connectivity index (χ4v) is 3.42. The largest absolute Gasteiger partial charge is 0.374 e. The first kappa shape index (κ1) is 18.4. The second-order valence-electron chi connectivity index (χ2n) is 5.93. The van der Waals surface area contributed by atoms with E-state index >= 15 is 0 Å². The number of anilines is 1. The van der Waals surface area contributed by atoms with E-state index in [1.54, 1.807) is 4.68 Å². The number of carbonyl (C=O) groups excluding carboxylic acids is 2. The van der Waals surface area contributed by atoms with E-state index in [2.05, 4.69) is 25.8 Å². The molecular formula is C15H21N7O3S. The number of aryl methyl sites for hydroxylation is 1. The van der Waals surface area contributed by atoms with Crippen molar-refractivity contribution in [2.45, 2.75) is 33.4 Å². The smallest absolute Gasteiger partial charge is 0.229 e. The summed E-state index contributed by atoms with van der Waals surface area (Å²) in [5, 5.41) is 20.0. The Hall–Kier alpha value is -2.40. The molecule has 140 valence electrons. The van der Waals surface area contributed by atoms with Crippen LogP contribution in [0.25, 0.3) is 0 Å². The summed E-state index contributed by atoms with van der Waals surface area (Å²) in [5.74, 6) is -0.646. The summed E-state index contributed by atoms with van der Waals surface area (Å²) in [7, 11) is 0. The molecule has 1 N–H and O–H groups in total. The van der Waals surface area contributed by atoms with Crippen molar-refractivity contribution >= 4 is 28.3 Å². The van der Waals surface area contributed by atoms with Crippen LogP contribution in [0.15, 0.2) is 6.20 Å². The fourth-order valence-electron chi connectivity index (χ4n) is 2.61. The van der Waals surface area contributed by atoms with Crippen LogP contribution in [0.1, 0.15) is 24.0 Å². The Morgan fingerprint density at radius 3 is 3.00 bits per heavy atom. The lowest BCUT2D eigenvalue weighted by Gasteiger charge is -2.12. The van der Waals surface area contributed by atoms with Gasteiger partial charge in [-0.2, -0.15) is 0 Å². The second kappa shape index (κ2) is 8.32. The summed E-state index contributed by atoms with van der Waals surface area (Å²) in [6, 6.07) is 0. The Bertz CT molecular complexity index is 775. The van der Waals surface area contributed by atoms with Gasteiger partial charge in [0.2, 0.25) is 16.9 Å². The molecule has 0 aromatic carbocycles. The van der Waals surface area contributed by atoms with Gasteiger partial charge in [0.05, 0.1) is 18.2 Å². The molecule has 1 unspecified atom stereocenters. The SMILES string of the molecule is CCOCc1nnc(N2CC(C(=O)NCCn3cc(C)nn3)CC2=O)s1. The summed E-state index contributed by atoms with van der Waals surface area (Å²) in [6.07, 6.45) is 1.98. The van der Waals surface area contributed by atoms with Gasteiger partial charge in [0.1, 0.15) is 11.6 Å². The number of hydrogen-bond acceptors (Lipinski definition) is 8. The molecule has 1 atom stereocenters. The molecule has 0 aliphatic carbocycles. The Balaban J connectivity index is 1.50. The first-order valence-electron chi connectivity index (χ1n) is 8.41. The molecule has 0 bridgehead atoms. The third kappa shape index (κ3) is 4.41. The Morgan fingerprint density at radius 1 is 1.42 bits per heavy atom. The molecule has 11 heteroatoms. The molecule has 0 radical (unpaired) electrons. The van der Waals surface area contributed by atoms with E-state index in [1.807, 2.05) is 20.0 Å². The van der Waals surface area contributed by atoms with Crippen LogP contribution in [0.2, 0.25) is 0 Å². The second-order valence-corrected chi connectivity index (χ2v) is 6.98. The van der Waals surface area contributed by atoms with Crippen molar-refractivity contribution in [3.8, 4) is 0 Å². The summed E-state index contributed by atoms with van der Waals surface area (Å²) >= 11 is 1.31. The van der Waals surface area contributed by atoms with E-state index in [1.165, 1.54) is 16.2 Å². The predicted octanol–water partition coefficient (Wildman–Crippen LogP) is 0.144. The Kier molecular flexibility index (Phi) is 5.89. The van der Waals surface area contributed by atoms with E-state index in [9.17, 15) is 9.59 Å². The highest BCUT2D eigenvalue weighted by atomic mass is 32.1. The van der Waals surface area contributed by atoms with E-state index in [0.29, 0.717) is 43.0 Å². The van der Waals surface area contributed by atoms with Crippen molar-refractivity contribution in [2.24, 2.45) is 5.92 Å². The molecule has 3 heterocycles. The molecule has 1 aliphatic rings. The summed E-state index contributed by atoms with van der Waals surface area (Å²) < 4.78 is 6.96. The minimum Gasteiger partial charge on any atom is -0.374 e. The van der Waals surface area contributed by atoms with Gasteiger partial charge in [0.15, 0.2) is 0 Å². The van der Waals surface area contributed by atoms with Crippen molar-refractivity contribution in [2.75, 3.05) is 24.6 Å². The standard InChI is InChI=1S/C15H21N7O3S/c1-3-25-9-12-18-19-15(26-12)22-8-11(6-13(22)23)14(24)16-4-5-21-7-10(2)17-20-21/h7,11H,3-6,8-9H2,1-2H3,(H,16,24). The number of hydrogen-bond donors (Lipinski definition) is 1. The van der Waals surface area contributed by atoms with Crippen molar-refractivity contribution in [1.82, 2.24) is 30.5 Å². The Labute approximate surface area is 154 Å². The van der Waals surface area contributed by atoms with Gasteiger partial charge in [0.25, 0.3) is 0 Å². The minimum atomic E-state index is -0.390. The van der Waals surface area contributed by atoms with Gasteiger partial charge in [0, 0.05) is 32.3 Å². The summed E-state index contributed by atoms with van der Waals surface area (Å²) in [4.78, 5) is 26.1. The maximum absolute atomic E-state index is 12.3. The van der Waals surface area contributed by atoms with Crippen LogP contribution >= 0.6 is 11.3 Å². The average Bonchev–Trinajstić information content (AvgIpc) is 3.33. The normalized spacial score (nSPS) is 17.1. The fraction of sp³-hybridized carbons (Fsp3) is 0.600. The minimum absolute atomic E-state index is 0.115. The van der Waals surface area contributed by atoms with Gasteiger partial charge in [-0.3, -0.25) is 19.2 Å². The lowest BCUT2D eigenvalue weighted by atomic mass is 10.1. The van der Waals surface area contributed by atoms with Gasteiger partial charge in [-0.05, 0) is 13.8 Å². The molecule has 10 nitrogen and oxygen atoms in total. The Morgan fingerprint density at radius 2 is 2.27 bits per heavy atom. The molecule has 1 saturated heterocycles. The zero-order valence-corrected chi connectivity index (χ0v) is 15.5.